The molecular weight excluding hydrogens is 419 g/mol. The number of aryl methyl sites for hydroxylation is 1. The number of para-hydroxylation sites is 1. The molecule has 0 atom stereocenters. The summed E-state index contributed by atoms with van der Waals surface area (Å²) in [5, 5.41) is 4.23. The van der Waals surface area contributed by atoms with Gasteiger partial charge in [-0.1, -0.05) is 46.7 Å². The number of thiazole rings is 1. The van der Waals surface area contributed by atoms with Crippen LogP contribution in [-0.4, -0.2) is 10.9 Å². The number of benzene rings is 2. The first-order valence-electron chi connectivity index (χ1n) is 8.33. The minimum absolute atomic E-state index is 0.134. The lowest BCUT2D eigenvalue weighted by atomic mass is 10.2. The van der Waals surface area contributed by atoms with Gasteiger partial charge in [-0.2, -0.15) is 0 Å². The van der Waals surface area contributed by atoms with Crippen LogP contribution in [0.4, 0.5) is 5.13 Å². The molecule has 0 bridgehead atoms. The van der Waals surface area contributed by atoms with Crippen molar-refractivity contribution in [3.63, 3.8) is 0 Å². The normalized spacial score (nSPS) is 11.0. The van der Waals surface area contributed by atoms with Gasteiger partial charge in [-0.05, 0) is 48.9 Å². The predicted octanol–water partition coefficient (Wildman–Crippen LogP) is 6.34. The van der Waals surface area contributed by atoms with Crippen molar-refractivity contribution >= 4 is 55.8 Å². The second-order valence-electron chi connectivity index (χ2n) is 6.02. The number of carbonyl (C=O) groups excluding carboxylic acids is 1. The van der Waals surface area contributed by atoms with Crippen molar-refractivity contribution in [3.8, 4) is 5.75 Å². The average Bonchev–Trinajstić information content (AvgIpc) is 3.28. The van der Waals surface area contributed by atoms with Gasteiger partial charge < -0.3 is 9.15 Å². The van der Waals surface area contributed by atoms with E-state index in [1.807, 2.05) is 25.1 Å². The molecule has 28 heavy (non-hydrogen) atoms. The molecule has 1 amide bonds. The standard InChI is InChI=1S/C20H14Cl2N2O3S/c1-11-3-2-4-17-18(11)23-20(28-17)24-19(25)16-8-6-13(27-16)10-26-15-7-5-12(21)9-14(15)22/h2-9H,10H2,1H3,(H,23,24,25). The minimum atomic E-state index is -0.368. The summed E-state index contributed by atoms with van der Waals surface area (Å²) in [7, 11) is 0. The summed E-state index contributed by atoms with van der Waals surface area (Å²) < 4.78 is 12.2. The molecule has 2 aromatic carbocycles. The Kier molecular flexibility index (Phi) is 5.26. The number of rotatable bonds is 5. The minimum Gasteiger partial charge on any atom is -0.484 e. The number of carbonyl (C=O) groups is 1. The number of anilines is 1. The second kappa shape index (κ2) is 7.83. The van der Waals surface area contributed by atoms with E-state index in [9.17, 15) is 4.79 Å². The van der Waals surface area contributed by atoms with E-state index in [2.05, 4.69) is 10.3 Å². The zero-order valence-electron chi connectivity index (χ0n) is 14.7. The van der Waals surface area contributed by atoms with Crippen LogP contribution < -0.4 is 10.1 Å². The van der Waals surface area contributed by atoms with Crippen molar-refractivity contribution in [3.05, 3.63) is 75.7 Å². The molecule has 4 rings (SSSR count). The van der Waals surface area contributed by atoms with Crippen molar-refractivity contribution in [2.24, 2.45) is 0 Å². The largest absolute Gasteiger partial charge is 0.484 e. The van der Waals surface area contributed by atoms with Crippen LogP contribution in [0.3, 0.4) is 0 Å². The summed E-state index contributed by atoms with van der Waals surface area (Å²) in [5.41, 5.74) is 1.95. The summed E-state index contributed by atoms with van der Waals surface area (Å²) in [6, 6.07) is 14.2. The van der Waals surface area contributed by atoms with E-state index >= 15 is 0 Å². The number of nitrogens with zero attached hydrogens (tertiary/aromatic N) is 1. The van der Waals surface area contributed by atoms with E-state index in [-0.39, 0.29) is 18.3 Å². The highest BCUT2D eigenvalue weighted by molar-refractivity contribution is 7.22. The van der Waals surface area contributed by atoms with Gasteiger partial charge in [-0.3, -0.25) is 10.1 Å². The van der Waals surface area contributed by atoms with Gasteiger partial charge in [-0.25, -0.2) is 4.98 Å². The van der Waals surface area contributed by atoms with Gasteiger partial charge in [0.15, 0.2) is 10.9 Å². The fourth-order valence-corrected chi connectivity index (χ4v) is 4.02. The third-order valence-corrected chi connectivity index (χ3v) is 5.46. The van der Waals surface area contributed by atoms with E-state index in [0.717, 1.165) is 15.8 Å². The molecule has 0 spiro atoms. The molecule has 0 radical (unpaired) electrons. The van der Waals surface area contributed by atoms with Crippen molar-refractivity contribution in [1.29, 1.82) is 0 Å². The van der Waals surface area contributed by atoms with Crippen LogP contribution in [0.15, 0.2) is 52.9 Å². The first kappa shape index (κ1) is 18.8. The highest BCUT2D eigenvalue weighted by atomic mass is 35.5. The molecule has 0 aliphatic rings. The third kappa shape index (κ3) is 3.99. The molecule has 0 unspecified atom stereocenters. The SMILES string of the molecule is Cc1cccc2sc(NC(=O)c3ccc(COc4ccc(Cl)cc4Cl)o3)nc12. The molecule has 2 heterocycles. The van der Waals surface area contributed by atoms with Crippen LogP contribution in [0, 0.1) is 6.92 Å². The second-order valence-corrected chi connectivity index (χ2v) is 7.90. The van der Waals surface area contributed by atoms with Gasteiger partial charge in [0.2, 0.25) is 0 Å². The van der Waals surface area contributed by atoms with E-state index in [1.165, 1.54) is 11.3 Å². The number of hydrogen-bond acceptors (Lipinski definition) is 5. The Morgan fingerprint density at radius 3 is 2.86 bits per heavy atom. The monoisotopic (exact) mass is 432 g/mol. The van der Waals surface area contributed by atoms with Crippen LogP contribution in [-0.2, 0) is 6.61 Å². The van der Waals surface area contributed by atoms with Crippen LogP contribution in [0.5, 0.6) is 5.75 Å². The summed E-state index contributed by atoms with van der Waals surface area (Å²) >= 11 is 13.4. The topological polar surface area (TPSA) is 64.4 Å². The van der Waals surface area contributed by atoms with E-state index in [0.29, 0.717) is 26.7 Å². The summed E-state index contributed by atoms with van der Waals surface area (Å²) in [4.78, 5) is 16.9. The van der Waals surface area contributed by atoms with Crippen LogP contribution >= 0.6 is 34.5 Å². The lowest BCUT2D eigenvalue weighted by Gasteiger charge is -2.06. The Balaban J connectivity index is 1.42. The smallest absolute Gasteiger partial charge is 0.293 e. The highest BCUT2D eigenvalue weighted by Crippen LogP contribution is 2.29. The molecule has 5 nitrogen and oxygen atoms in total. The number of furan rings is 1. The number of ether oxygens (including phenoxy) is 1. The molecule has 142 valence electrons. The van der Waals surface area contributed by atoms with Crippen LogP contribution in [0.2, 0.25) is 10.0 Å². The van der Waals surface area contributed by atoms with Gasteiger partial charge in [0.25, 0.3) is 5.91 Å². The van der Waals surface area contributed by atoms with Gasteiger partial charge in [-0.15, -0.1) is 0 Å². The van der Waals surface area contributed by atoms with Gasteiger partial charge in [0, 0.05) is 5.02 Å². The average molecular weight is 433 g/mol. The Morgan fingerprint density at radius 2 is 2.07 bits per heavy atom. The summed E-state index contributed by atoms with van der Waals surface area (Å²) in [5.74, 6) is 0.791. The van der Waals surface area contributed by atoms with Gasteiger partial charge >= 0.3 is 0 Å². The fraction of sp³-hybridized carbons (Fsp3) is 0.100. The lowest BCUT2D eigenvalue weighted by Crippen LogP contribution is -2.10. The zero-order valence-corrected chi connectivity index (χ0v) is 17.0. The number of hydrogen-bond donors (Lipinski definition) is 1. The lowest BCUT2D eigenvalue weighted by molar-refractivity contribution is 0.0992. The van der Waals surface area contributed by atoms with Crippen LogP contribution in [0.1, 0.15) is 21.9 Å². The first-order valence-corrected chi connectivity index (χ1v) is 9.91. The predicted molar refractivity (Wildman–Crippen MR) is 112 cm³/mol. The summed E-state index contributed by atoms with van der Waals surface area (Å²) in [6.45, 7) is 2.12. The molecule has 8 heteroatoms. The quantitative estimate of drug-likeness (QED) is 0.399. The fourth-order valence-electron chi connectivity index (χ4n) is 2.62. The van der Waals surface area contributed by atoms with Crippen molar-refractivity contribution in [2.45, 2.75) is 13.5 Å². The van der Waals surface area contributed by atoms with Crippen molar-refractivity contribution in [2.75, 3.05) is 5.32 Å². The molecule has 1 N–H and O–H groups in total. The maximum absolute atomic E-state index is 12.4. The first-order chi connectivity index (χ1) is 13.5. The molecular formula is C20H14Cl2N2O3S. The number of fused-ring (bicyclic) bond motifs is 1. The molecule has 0 saturated carbocycles. The molecule has 2 aromatic heterocycles. The molecule has 0 saturated heterocycles. The Bertz CT molecular complexity index is 1170. The zero-order chi connectivity index (χ0) is 19.7. The van der Waals surface area contributed by atoms with E-state index < -0.39 is 0 Å². The number of aromatic nitrogens is 1. The van der Waals surface area contributed by atoms with Gasteiger partial charge in [0.05, 0.1) is 15.2 Å². The molecule has 0 aliphatic heterocycles. The number of nitrogens with one attached hydrogen (secondary N) is 1. The molecule has 4 aromatic rings. The van der Waals surface area contributed by atoms with Crippen molar-refractivity contribution in [1.82, 2.24) is 4.98 Å². The molecule has 0 aliphatic carbocycles. The Morgan fingerprint density at radius 1 is 1.21 bits per heavy atom. The molecule has 0 fully saturated rings. The number of amides is 1. The highest BCUT2D eigenvalue weighted by Gasteiger charge is 2.15. The van der Waals surface area contributed by atoms with E-state index in [4.69, 9.17) is 32.4 Å². The Hall–Kier alpha value is -2.54. The van der Waals surface area contributed by atoms with Crippen LogP contribution in [0.25, 0.3) is 10.2 Å². The maximum Gasteiger partial charge on any atom is 0.293 e. The van der Waals surface area contributed by atoms with Gasteiger partial charge in [0.1, 0.15) is 18.1 Å². The summed E-state index contributed by atoms with van der Waals surface area (Å²) in [6.07, 6.45) is 0. The third-order valence-electron chi connectivity index (χ3n) is 3.99. The maximum atomic E-state index is 12.4. The number of halogens is 2. The van der Waals surface area contributed by atoms with Crippen molar-refractivity contribution < 1.29 is 13.9 Å². The Labute approximate surface area is 174 Å². The van der Waals surface area contributed by atoms with E-state index in [1.54, 1.807) is 30.3 Å².